The molecule has 2 aromatic rings. The molecule has 0 saturated carbocycles. The first-order chi connectivity index (χ1) is 16.5. The molecule has 190 valence electrons. The van der Waals surface area contributed by atoms with Crippen LogP contribution in [-0.4, -0.2) is 68.0 Å². The number of anilines is 1. The summed E-state index contributed by atoms with van der Waals surface area (Å²) in [6.07, 6.45) is -4.46. The Morgan fingerprint density at radius 3 is 2.29 bits per heavy atom. The van der Waals surface area contributed by atoms with Gasteiger partial charge in [0.25, 0.3) is 0 Å². The molecule has 35 heavy (non-hydrogen) atoms. The van der Waals surface area contributed by atoms with E-state index in [-0.39, 0.29) is 32.8 Å². The molecule has 0 fully saturated rings. The topological polar surface area (TPSA) is 88.2 Å². The quantitative estimate of drug-likeness (QED) is 0.482. The maximum atomic E-state index is 12.8. The molecule has 1 N–H and O–H groups in total. The number of hydrogen-bond donors (Lipinski definition) is 1. The summed E-state index contributed by atoms with van der Waals surface area (Å²) in [6.45, 7) is 1.08. The largest absolute Gasteiger partial charge is 0.497 e. The van der Waals surface area contributed by atoms with Gasteiger partial charge < -0.3 is 19.7 Å². The number of nitrogens with one attached hydrogen (secondary N) is 1. The lowest BCUT2D eigenvalue weighted by atomic mass is 10.1. The molecular formula is C24H28F3N3O5. The fourth-order valence-electron chi connectivity index (χ4n) is 3.13. The molecular weight excluding hydrogens is 467 g/mol. The second kappa shape index (κ2) is 12.7. The van der Waals surface area contributed by atoms with Crippen molar-refractivity contribution in [1.82, 2.24) is 9.80 Å². The van der Waals surface area contributed by atoms with Gasteiger partial charge in [0, 0.05) is 25.3 Å². The monoisotopic (exact) mass is 495 g/mol. The average molecular weight is 495 g/mol. The molecule has 0 atom stereocenters. The molecule has 11 heteroatoms. The van der Waals surface area contributed by atoms with Gasteiger partial charge in [-0.1, -0.05) is 18.2 Å². The number of carbonyl (C=O) groups excluding carboxylic acids is 3. The molecule has 0 spiro atoms. The van der Waals surface area contributed by atoms with Gasteiger partial charge in [0.05, 0.1) is 38.9 Å². The van der Waals surface area contributed by atoms with Crippen molar-refractivity contribution in [2.45, 2.75) is 19.6 Å². The van der Waals surface area contributed by atoms with Crippen molar-refractivity contribution in [2.75, 3.05) is 45.7 Å². The van der Waals surface area contributed by atoms with Gasteiger partial charge in [-0.3, -0.25) is 19.3 Å². The normalized spacial score (nSPS) is 11.2. The summed E-state index contributed by atoms with van der Waals surface area (Å²) in [5.41, 5.74) is 0.186. The Kier molecular flexibility index (Phi) is 10.1. The minimum absolute atomic E-state index is 0.0343. The molecule has 2 amide bonds. The summed E-state index contributed by atoms with van der Waals surface area (Å²) in [6, 6.07) is 11.2. The maximum absolute atomic E-state index is 12.8. The van der Waals surface area contributed by atoms with E-state index >= 15 is 0 Å². The molecule has 2 rings (SSSR count). The lowest BCUT2D eigenvalue weighted by Crippen LogP contribution is -2.43. The van der Waals surface area contributed by atoms with Gasteiger partial charge >= 0.3 is 12.1 Å². The fraction of sp³-hybridized carbons (Fsp3) is 0.375. The zero-order valence-corrected chi connectivity index (χ0v) is 19.7. The number of benzene rings is 2. The van der Waals surface area contributed by atoms with E-state index in [4.69, 9.17) is 9.47 Å². The third-order valence-electron chi connectivity index (χ3n) is 4.86. The van der Waals surface area contributed by atoms with E-state index in [0.29, 0.717) is 17.0 Å². The van der Waals surface area contributed by atoms with Gasteiger partial charge in [0.1, 0.15) is 5.75 Å². The van der Waals surface area contributed by atoms with Crippen molar-refractivity contribution in [3.63, 3.8) is 0 Å². The Labute approximate surface area is 201 Å². The average Bonchev–Trinajstić information content (AvgIpc) is 2.78. The van der Waals surface area contributed by atoms with E-state index < -0.39 is 29.5 Å². The number of alkyl halides is 3. The third kappa shape index (κ3) is 9.28. The second-order valence-corrected chi connectivity index (χ2v) is 7.67. The predicted octanol–water partition coefficient (Wildman–Crippen LogP) is 3.18. The van der Waals surface area contributed by atoms with E-state index in [0.717, 1.165) is 12.1 Å². The van der Waals surface area contributed by atoms with Crippen molar-refractivity contribution in [1.29, 1.82) is 0 Å². The van der Waals surface area contributed by atoms with Crippen LogP contribution in [0.5, 0.6) is 5.75 Å². The molecule has 0 saturated heterocycles. The highest BCUT2D eigenvalue weighted by atomic mass is 19.4. The molecule has 8 nitrogen and oxygen atoms in total. The number of nitrogens with zero attached hydrogens (tertiary/aromatic N) is 2. The number of esters is 1. The number of ether oxygens (including phenoxy) is 2. The van der Waals surface area contributed by atoms with E-state index in [2.05, 4.69) is 5.32 Å². The molecule has 0 aliphatic heterocycles. The zero-order valence-electron chi connectivity index (χ0n) is 19.7. The van der Waals surface area contributed by atoms with Gasteiger partial charge in [0.2, 0.25) is 11.8 Å². The van der Waals surface area contributed by atoms with Crippen molar-refractivity contribution in [3.8, 4) is 5.75 Å². The highest BCUT2D eigenvalue weighted by Gasteiger charge is 2.30. The van der Waals surface area contributed by atoms with Crippen molar-refractivity contribution in [2.24, 2.45) is 0 Å². The van der Waals surface area contributed by atoms with Gasteiger partial charge in [-0.15, -0.1) is 0 Å². The number of rotatable bonds is 11. The highest BCUT2D eigenvalue weighted by Crippen LogP contribution is 2.29. The maximum Gasteiger partial charge on any atom is 0.416 e. The number of hydrogen-bond acceptors (Lipinski definition) is 6. The lowest BCUT2D eigenvalue weighted by Gasteiger charge is -2.24. The lowest BCUT2D eigenvalue weighted by molar-refractivity contribution is -0.145. The van der Waals surface area contributed by atoms with Crippen LogP contribution < -0.4 is 10.1 Å². The van der Waals surface area contributed by atoms with Crippen LogP contribution in [0.15, 0.2) is 48.5 Å². The first-order valence-corrected chi connectivity index (χ1v) is 10.7. The van der Waals surface area contributed by atoms with Crippen molar-refractivity contribution >= 4 is 23.5 Å². The van der Waals surface area contributed by atoms with Crippen LogP contribution in [0.1, 0.15) is 18.1 Å². The highest BCUT2D eigenvalue weighted by molar-refractivity contribution is 5.94. The number of amides is 2. The van der Waals surface area contributed by atoms with Crippen LogP contribution in [0, 0.1) is 0 Å². The van der Waals surface area contributed by atoms with Crippen molar-refractivity contribution in [3.05, 3.63) is 59.7 Å². The van der Waals surface area contributed by atoms with E-state index in [1.807, 2.05) is 0 Å². The summed E-state index contributed by atoms with van der Waals surface area (Å²) >= 11 is 0. The fourth-order valence-corrected chi connectivity index (χ4v) is 3.13. The summed E-state index contributed by atoms with van der Waals surface area (Å²) < 4.78 is 48.5. The van der Waals surface area contributed by atoms with Crippen LogP contribution in [0.2, 0.25) is 0 Å². The number of methoxy groups -OCH3 is 1. The summed E-state index contributed by atoms with van der Waals surface area (Å²) in [5.74, 6) is -0.911. The SMILES string of the molecule is CCOC(=O)CN(CC(=O)N(C)CC(=O)Nc1cccc(OC)c1)Cc1ccc(C(F)(F)F)cc1. The Morgan fingerprint density at radius 2 is 1.69 bits per heavy atom. The van der Waals surface area contributed by atoms with E-state index in [1.165, 1.54) is 36.1 Å². The van der Waals surface area contributed by atoms with E-state index in [1.54, 1.807) is 31.2 Å². The molecule has 0 heterocycles. The van der Waals surface area contributed by atoms with Crippen LogP contribution in [0.3, 0.4) is 0 Å². The minimum Gasteiger partial charge on any atom is -0.497 e. The van der Waals surface area contributed by atoms with Crippen molar-refractivity contribution < 1.29 is 37.0 Å². The van der Waals surface area contributed by atoms with Gasteiger partial charge in [-0.05, 0) is 36.8 Å². The first kappa shape index (κ1) is 27.6. The number of likely N-dealkylation sites (N-methyl/N-ethyl adjacent to an activating group) is 1. The van der Waals surface area contributed by atoms with Crippen LogP contribution in [0.4, 0.5) is 18.9 Å². The van der Waals surface area contributed by atoms with Gasteiger partial charge in [0.15, 0.2) is 0 Å². The molecule has 0 aliphatic carbocycles. The predicted molar refractivity (Wildman–Crippen MR) is 123 cm³/mol. The Balaban J connectivity index is 2.02. The standard InChI is InChI=1S/C24H28F3N3O5/c1-4-35-23(33)16-30(13-17-8-10-18(11-9-17)24(25,26)27)15-22(32)29(2)14-21(31)28-19-6-5-7-20(12-19)34-3/h5-12H,4,13-16H2,1-3H3,(H,28,31). The van der Waals surface area contributed by atoms with Crippen LogP contribution in [-0.2, 0) is 31.8 Å². The summed E-state index contributed by atoms with van der Waals surface area (Å²) in [4.78, 5) is 39.7. The second-order valence-electron chi connectivity index (χ2n) is 7.67. The smallest absolute Gasteiger partial charge is 0.416 e. The number of halogens is 3. The summed E-state index contributed by atoms with van der Waals surface area (Å²) in [5, 5.41) is 2.67. The molecule has 0 radical (unpaired) electrons. The Hall–Kier alpha value is -3.60. The van der Waals surface area contributed by atoms with Gasteiger partial charge in [-0.2, -0.15) is 13.2 Å². The zero-order chi connectivity index (χ0) is 26.0. The molecule has 0 bridgehead atoms. The Morgan fingerprint density at radius 1 is 1.00 bits per heavy atom. The molecule has 0 unspecified atom stereocenters. The summed E-state index contributed by atoms with van der Waals surface area (Å²) in [7, 11) is 2.94. The number of carbonyl (C=O) groups is 3. The first-order valence-electron chi connectivity index (χ1n) is 10.7. The third-order valence-corrected chi connectivity index (χ3v) is 4.86. The molecule has 0 aliphatic rings. The molecule has 0 aromatic heterocycles. The van der Waals surface area contributed by atoms with E-state index in [9.17, 15) is 27.6 Å². The Bertz CT molecular complexity index is 1010. The van der Waals surface area contributed by atoms with Crippen LogP contribution >= 0.6 is 0 Å². The van der Waals surface area contributed by atoms with Gasteiger partial charge in [-0.25, -0.2) is 0 Å². The minimum atomic E-state index is -4.46. The molecule has 2 aromatic carbocycles. The van der Waals surface area contributed by atoms with Crippen LogP contribution in [0.25, 0.3) is 0 Å².